The molecule has 0 aromatic heterocycles. The summed E-state index contributed by atoms with van der Waals surface area (Å²) >= 11 is 5.88. The zero-order valence-electron chi connectivity index (χ0n) is 10.8. The van der Waals surface area contributed by atoms with Gasteiger partial charge in [0.15, 0.2) is 0 Å². The van der Waals surface area contributed by atoms with Crippen molar-refractivity contribution in [1.29, 1.82) is 0 Å². The molecule has 1 aliphatic carbocycles. The summed E-state index contributed by atoms with van der Waals surface area (Å²) in [6.45, 7) is 0. The smallest absolute Gasteiger partial charge is 0.337 e. The molecule has 3 rings (SSSR count). The van der Waals surface area contributed by atoms with E-state index in [2.05, 4.69) is 17.4 Å². The third kappa shape index (κ3) is 2.37. The zero-order chi connectivity index (χ0) is 14.1. The van der Waals surface area contributed by atoms with Crippen molar-refractivity contribution < 1.29 is 9.90 Å². The number of fused-ring (bicyclic) bond motifs is 1. The van der Waals surface area contributed by atoms with Crippen molar-refractivity contribution >= 4 is 23.3 Å². The molecule has 3 nitrogen and oxygen atoms in total. The summed E-state index contributed by atoms with van der Waals surface area (Å²) in [5.41, 5.74) is 3.56. The fraction of sp³-hybridized carbons (Fsp3) is 0.188. The molecule has 2 aromatic rings. The molecule has 0 aliphatic heterocycles. The summed E-state index contributed by atoms with van der Waals surface area (Å²) in [5, 5.41) is 12.8. The van der Waals surface area contributed by atoms with Crippen LogP contribution in [0.4, 0.5) is 5.69 Å². The molecule has 1 atom stereocenters. The van der Waals surface area contributed by atoms with Crippen molar-refractivity contribution in [2.45, 2.75) is 18.9 Å². The van der Waals surface area contributed by atoms with Crippen LogP contribution in [0, 0.1) is 0 Å². The number of aryl methyl sites for hydroxylation is 1. The van der Waals surface area contributed by atoms with E-state index in [1.165, 1.54) is 11.1 Å². The standard InChI is InChI=1S/C16H14ClNO2/c17-14-7-6-11(9-13(14)16(19)20)18-15-8-5-10-3-1-2-4-12(10)15/h1-4,6-7,9,15,18H,5,8H2,(H,19,20). The largest absolute Gasteiger partial charge is 0.478 e. The van der Waals surface area contributed by atoms with Crippen molar-refractivity contribution in [3.05, 3.63) is 64.2 Å². The summed E-state index contributed by atoms with van der Waals surface area (Å²) in [6.07, 6.45) is 2.07. The molecular weight excluding hydrogens is 274 g/mol. The molecule has 0 heterocycles. The van der Waals surface area contributed by atoms with Gasteiger partial charge < -0.3 is 10.4 Å². The Morgan fingerprint density at radius 1 is 1.25 bits per heavy atom. The van der Waals surface area contributed by atoms with E-state index in [-0.39, 0.29) is 16.6 Å². The Morgan fingerprint density at radius 3 is 2.85 bits per heavy atom. The highest BCUT2D eigenvalue weighted by molar-refractivity contribution is 6.33. The fourth-order valence-electron chi connectivity index (χ4n) is 2.69. The monoisotopic (exact) mass is 287 g/mol. The van der Waals surface area contributed by atoms with Crippen LogP contribution in [0.1, 0.15) is 33.9 Å². The van der Waals surface area contributed by atoms with Gasteiger partial charge in [0.05, 0.1) is 16.6 Å². The molecule has 0 radical (unpaired) electrons. The van der Waals surface area contributed by atoms with E-state index in [1.54, 1.807) is 12.1 Å². The molecule has 20 heavy (non-hydrogen) atoms. The fourth-order valence-corrected chi connectivity index (χ4v) is 2.89. The second-order valence-electron chi connectivity index (χ2n) is 4.93. The molecule has 0 saturated carbocycles. The molecule has 2 N–H and O–H groups in total. The topological polar surface area (TPSA) is 49.3 Å². The van der Waals surface area contributed by atoms with Crippen LogP contribution in [-0.2, 0) is 6.42 Å². The number of carboxylic acid groups (broad SMARTS) is 1. The Hall–Kier alpha value is -2.00. The number of hydrogen-bond acceptors (Lipinski definition) is 2. The second kappa shape index (κ2) is 5.17. The van der Waals surface area contributed by atoms with Gasteiger partial charge in [0, 0.05) is 5.69 Å². The number of nitrogens with one attached hydrogen (secondary N) is 1. The lowest BCUT2D eigenvalue weighted by Gasteiger charge is -2.16. The lowest BCUT2D eigenvalue weighted by molar-refractivity contribution is 0.0697. The maximum Gasteiger partial charge on any atom is 0.337 e. The summed E-state index contributed by atoms with van der Waals surface area (Å²) in [6, 6.07) is 13.6. The van der Waals surface area contributed by atoms with Gasteiger partial charge in [-0.3, -0.25) is 0 Å². The van der Waals surface area contributed by atoms with Gasteiger partial charge in [0.1, 0.15) is 0 Å². The average molecular weight is 288 g/mol. The number of halogens is 1. The minimum atomic E-state index is -1.01. The van der Waals surface area contributed by atoms with Crippen molar-refractivity contribution in [1.82, 2.24) is 0 Å². The number of carboxylic acids is 1. The van der Waals surface area contributed by atoms with Gasteiger partial charge in [-0.1, -0.05) is 35.9 Å². The van der Waals surface area contributed by atoms with Gasteiger partial charge in [-0.2, -0.15) is 0 Å². The molecule has 2 aromatic carbocycles. The quantitative estimate of drug-likeness (QED) is 0.892. The lowest BCUT2D eigenvalue weighted by atomic mass is 10.1. The van der Waals surface area contributed by atoms with Gasteiger partial charge in [0.25, 0.3) is 0 Å². The molecule has 1 unspecified atom stereocenters. The lowest BCUT2D eigenvalue weighted by Crippen LogP contribution is -2.08. The van der Waals surface area contributed by atoms with E-state index < -0.39 is 5.97 Å². The van der Waals surface area contributed by atoms with Crippen LogP contribution in [-0.4, -0.2) is 11.1 Å². The number of aromatic carboxylic acids is 1. The van der Waals surface area contributed by atoms with E-state index in [0.717, 1.165) is 18.5 Å². The van der Waals surface area contributed by atoms with Gasteiger partial charge in [-0.05, 0) is 42.2 Å². The zero-order valence-corrected chi connectivity index (χ0v) is 11.5. The third-order valence-electron chi connectivity index (χ3n) is 3.67. The first-order valence-electron chi connectivity index (χ1n) is 6.52. The Balaban J connectivity index is 1.86. The van der Waals surface area contributed by atoms with E-state index >= 15 is 0 Å². The summed E-state index contributed by atoms with van der Waals surface area (Å²) in [7, 11) is 0. The first-order valence-corrected chi connectivity index (χ1v) is 6.90. The molecule has 4 heteroatoms. The van der Waals surface area contributed by atoms with Crippen molar-refractivity contribution in [3.8, 4) is 0 Å². The van der Waals surface area contributed by atoms with Crippen LogP contribution in [0.3, 0.4) is 0 Å². The van der Waals surface area contributed by atoms with Crippen LogP contribution < -0.4 is 5.32 Å². The molecule has 1 aliphatic rings. The van der Waals surface area contributed by atoms with Crippen LogP contribution in [0.15, 0.2) is 42.5 Å². The highest BCUT2D eigenvalue weighted by Crippen LogP contribution is 2.34. The van der Waals surface area contributed by atoms with E-state index in [4.69, 9.17) is 16.7 Å². The molecule has 102 valence electrons. The average Bonchev–Trinajstić information content (AvgIpc) is 2.84. The number of carbonyl (C=O) groups is 1. The Morgan fingerprint density at radius 2 is 2.05 bits per heavy atom. The van der Waals surface area contributed by atoms with Gasteiger partial charge in [-0.15, -0.1) is 0 Å². The van der Waals surface area contributed by atoms with Gasteiger partial charge >= 0.3 is 5.97 Å². The van der Waals surface area contributed by atoms with Crippen molar-refractivity contribution in [2.75, 3.05) is 5.32 Å². The SMILES string of the molecule is O=C(O)c1cc(NC2CCc3ccccc32)ccc1Cl. The molecule has 0 bridgehead atoms. The Labute approximate surface area is 122 Å². The normalized spacial score (nSPS) is 16.8. The Bertz CT molecular complexity index is 669. The summed E-state index contributed by atoms with van der Waals surface area (Å²) in [5.74, 6) is -1.01. The molecule has 0 spiro atoms. The maximum absolute atomic E-state index is 11.1. The molecule has 0 fully saturated rings. The summed E-state index contributed by atoms with van der Waals surface area (Å²) in [4.78, 5) is 11.1. The molecular formula is C16H14ClNO2. The first kappa shape index (κ1) is 13.0. The van der Waals surface area contributed by atoms with Gasteiger partial charge in [0.2, 0.25) is 0 Å². The van der Waals surface area contributed by atoms with Crippen LogP contribution in [0.2, 0.25) is 5.02 Å². The van der Waals surface area contributed by atoms with E-state index in [1.807, 2.05) is 18.2 Å². The highest BCUT2D eigenvalue weighted by Gasteiger charge is 2.22. The Kier molecular flexibility index (Phi) is 3.36. The predicted molar refractivity (Wildman–Crippen MR) is 79.5 cm³/mol. The predicted octanol–water partition coefficient (Wildman–Crippen LogP) is 4.14. The first-order chi connectivity index (χ1) is 9.65. The van der Waals surface area contributed by atoms with E-state index in [9.17, 15) is 4.79 Å². The second-order valence-corrected chi connectivity index (χ2v) is 5.34. The number of benzene rings is 2. The van der Waals surface area contributed by atoms with Crippen LogP contribution in [0.25, 0.3) is 0 Å². The number of hydrogen-bond donors (Lipinski definition) is 2. The minimum Gasteiger partial charge on any atom is -0.478 e. The minimum absolute atomic E-state index is 0.128. The number of anilines is 1. The molecule has 0 saturated heterocycles. The van der Waals surface area contributed by atoms with E-state index in [0.29, 0.717) is 0 Å². The van der Waals surface area contributed by atoms with Crippen LogP contribution in [0.5, 0.6) is 0 Å². The van der Waals surface area contributed by atoms with Crippen molar-refractivity contribution in [3.63, 3.8) is 0 Å². The maximum atomic E-state index is 11.1. The van der Waals surface area contributed by atoms with Crippen LogP contribution >= 0.6 is 11.6 Å². The number of rotatable bonds is 3. The summed E-state index contributed by atoms with van der Waals surface area (Å²) < 4.78 is 0. The van der Waals surface area contributed by atoms with Gasteiger partial charge in [-0.25, -0.2) is 4.79 Å². The highest BCUT2D eigenvalue weighted by atomic mass is 35.5. The molecule has 0 amide bonds. The van der Waals surface area contributed by atoms with Crippen molar-refractivity contribution in [2.24, 2.45) is 0 Å². The third-order valence-corrected chi connectivity index (χ3v) is 4.00.